The summed E-state index contributed by atoms with van der Waals surface area (Å²) in [6.07, 6.45) is 0. The smallest absolute Gasteiger partial charge is 0.398 e. The molecule has 1 fully saturated rings. The fourth-order valence-corrected chi connectivity index (χ4v) is 2.39. The number of fused-ring (bicyclic) bond motifs is 1. The van der Waals surface area contributed by atoms with Crippen LogP contribution in [-0.2, 0) is 16.4 Å². The lowest BCUT2D eigenvalue weighted by atomic mass is 9.82. The number of aryl methyl sites for hydroxylation is 1. The average molecular weight is 276 g/mol. The summed E-state index contributed by atoms with van der Waals surface area (Å²) >= 11 is 0. The van der Waals surface area contributed by atoms with Gasteiger partial charge in [0.05, 0.1) is 16.7 Å². The first-order chi connectivity index (χ1) is 9.21. The molecule has 0 saturated carbocycles. The molecule has 0 aliphatic carbocycles. The van der Waals surface area contributed by atoms with E-state index in [9.17, 15) is 4.39 Å². The van der Waals surface area contributed by atoms with E-state index in [1.807, 2.05) is 34.7 Å². The fraction of sp³-hybridized carbons (Fsp3) is 0.500. The third kappa shape index (κ3) is 1.86. The van der Waals surface area contributed by atoms with Gasteiger partial charge >= 0.3 is 7.12 Å². The molecule has 20 heavy (non-hydrogen) atoms. The van der Waals surface area contributed by atoms with Crippen LogP contribution in [0.15, 0.2) is 18.2 Å². The summed E-state index contributed by atoms with van der Waals surface area (Å²) in [5.74, 6) is -0.289. The standard InChI is InChI=1S/C14H18BFN2O2/c1-13(2)14(3,4)20-15(19-13)12-10-8-9(16)6-7-11(10)18(5)17-12/h6-8H,1-5H3. The van der Waals surface area contributed by atoms with Crippen molar-refractivity contribution in [2.75, 3.05) is 0 Å². The number of nitrogens with zero attached hydrogens (tertiary/aromatic N) is 2. The summed E-state index contributed by atoms with van der Waals surface area (Å²) in [6, 6.07) is 4.62. The second-order valence-electron chi connectivity index (χ2n) is 6.26. The van der Waals surface area contributed by atoms with E-state index in [-0.39, 0.29) is 5.82 Å². The van der Waals surface area contributed by atoms with Crippen molar-refractivity contribution in [1.82, 2.24) is 9.78 Å². The molecule has 0 amide bonds. The summed E-state index contributed by atoms with van der Waals surface area (Å²) in [7, 11) is 1.25. The summed E-state index contributed by atoms with van der Waals surface area (Å²) in [6.45, 7) is 7.94. The minimum atomic E-state index is -0.578. The number of hydrogen-bond acceptors (Lipinski definition) is 3. The van der Waals surface area contributed by atoms with Crippen LogP contribution in [-0.4, -0.2) is 28.1 Å². The van der Waals surface area contributed by atoms with Gasteiger partial charge in [0.25, 0.3) is 0 Å². The van der Waals surface area contributed by atoms with Crippen molar-refractivity contribution in [3.8, 4) is 0 Å². The lowest BCUT2D eigenvalue weighted by Crippen LogP contribution is -2.41. The minimum absolute atomic E-state index is 0.289. The van der Waals surface area contributed by atoms with Gasteiger partial charge in [-0.05, 0) is 45.9 Å². The molecule has 6 heteroatoms. The van der Waals surface area contributed by atoms with Crippen molar-refractivity contribution in [1.29, 1.82) is 0 Å². The van der Waals surface area contributed by atoms with E-state index in [1.165, 1.54) is 12.1 Å². The monoisotopic (exact) mass is 276 g/mol. The molecule has 1 aromatic carbocycles. The van der Waals surface area contributed by atoms with Gasteiger partial charge in [0.15, 0.2) is 0 Å². The van der Waals surface area contributed by atoms with E-state index in [0.29, 0.717) is 5.59 Å². The van der Waals surface area contributed by atoms with Crippen LogP contribution in [0.4, 0.5) is 4.39 Å². The van der Waals surface area contributed by atoms with Crippen molar-refractivity contribution in [3.05, 3.63) is 24.0 Å². The molecule has 0 spiro atoms. The van der Waals surface area contributed by atoms with E-state index < -0.39 is 18.3 Å². The minimum Gasteiger partial charge on any atom is -0.398 e. The Morgan fingerprint density at radius 1 is 1.15 bits per heavy atom. The van der Waals surface area contributed by atoms with Gasteiger partial charge in [-0.15, -0.1) is 0 Å². The van der Waals surface area contributed by atoms with Crippen molar-refractivity contribution in [2.24, 2.45) is 7.05 Å². The molecule has 0 radical (unpaired) electrons. The first-order valence-corrected chi connectivity index (χ1v) is 6.69. The van der Waals surface area contributed by atoms with Gasteiger partial charge in [0.1, 0.15) is 11.4 Å². The average Bonchev–Trinajstić information content (AvgIpc) is 2.74. The highest BCUT2D eigenvalue weighted by molar-refractivity contribution is 6.64. The zero-order valence-electron chi connectivity index (χ0n) is 12.4. The van der Waals surface area contributed by atoms with Crippen LogP contribution in [0, 0.1) is 5.82 Å². The van der Waals surface area contributed by atoms with Gasteiger partial charge < -0.3 is 9.31 Å². The maximum Gasteiger partial charge on any atom is 0.517 e. The summed E-state index contributed by atoms with van der Waals surface area (Å²) < 4.78 is 27.2. The molecule has 0 bridgehead atoms. The highest BCUT2D eigenvalue weighted by Gasteiger charge is 2.53. The van der Waals surface area contributed by atoms with E-state index >= 15 is 0 Å². The molecule has 4 nitrogen and oxygen atoms in total. The van der Waals surface area contributed by atoms with Gasteiger partial charge in [-0.25, -0.2) is 4.39 Å². The second-order valence-corrected chi connectivity index (χ2v) is 6.26. The Kier molecular flexibility index (Phi) is 2.75. The summed E-state index contributed by atoms with van der Waals surface area (Å²) in [4.78, 5) is 0. The quantitative estimate of drug-likeness (QED) is 0.747. The van der Waals surface area contributed by atoms with E-state index in [1.54, 1.807) is 10.7 Å². The normalized spacial score (nSPS) is 20.8. The maximum atomic E-state index is 13.5. The number of rotatable bonds is 1. The lowest BCUT2D eigenvalue weighted by molar-refractivity contribution is 0.00578. The van der Waals surface area contributed by atoms with Crippen LogP contribution in [0.2, 0.25) is 0 Å². The van der Waals surface area contributed by atoms with Gasteiger partial charge in [-0.1, -0.05) is 0 Å². The zero-order chi connectivity index (χ0) is 14.7. The molecule has 0 atom stereocenters. The Morgan fingerprint density at radius 2 is 1.75 bits per heavy atom. The van der Waals surface area contributed by atoms with Crippen LogP contribution in [0.5, 0.6) is 0 Å². The fourth-order valence-electron chi connectivity index (χ4n) is 2.39. The summed E-state index contributed by atoms with van der Waals surface area (Å²) in [5, 5.41) is 5.17. The Balaban J connectivity index is 2.10. The Morgan fingerprint density at radius 3 is 2.35 bits per heavy atom. The summed E-state index contributed by atoms with van der Waals surface area (Å²) in [5.41, 5.74) is 0.612. The molecule has 0 unspecified atom stereocenters. The Labute approximate surface area is 118 Å². The van der Waals surface area contributed by atoms with Crippen LogP contribution >= 0.6 is 0 Å². The molecule has 1 saturated heterocycles. The predicted molar refractivity (Wildman–Crippen MR) is 76.4 cm³/mol. The van der Waals surface area contributed by atoms with Crippen molar-refractivity contribution in [2.45, 2.75) is 38.9 Å². The Bertz CT molecular complexity index is 665. The highest BCUT2D eigenvalue weighted by Crippen LogP contribution is 2.36. The van der Waals surface area contributed by atoms with Crippen LogP contribution in [0.3, 0.4) is 0 Å². The molecule has 1 aromatic heterocycles. The SMILES string of the molecule is Cn1nc(B2OC(C)(C)C(C)(C)O2)c2cc(F)ccc21. The predicted octanol–water partition coefficient (Wildman–Crippen LogP) is 2.01. The van der Waals surface area contributed by atoms with E-state index in [0.717, 1.165) is 10.9 Å². The number of hydrogen-bond donors (Lipinski definition) is 0. The molecule has 106 valence electrons. The third-order valence-corrected chi connectivity index (χ3v) is 4.32. The van der Waals surface area contributed by atoms with Gasteiger partial charge in [0.2, 0.25) is 0 Å². The molecular formula is C14H18BFN2O2. The second kappa shape index (κ2) is 4.05. The van der Waals surface area contributed by atoms with Crippen molar-refractivity contribution < 1.29 is 13.7 Å². The van der Waals surface area contributed by atoms with E-state index in [4.69, 9.17) is 9.31 Å². The van der Waals surface area contributed by atoms with Crippen LogP contribution in [0.1, 0.15) is 27.7 Å². The molecule has 0 N–H and O–H groups in total. The molecule has 2 aromatic rings. The number of benzene rings is 1. The van der Waals surface area contributed by atoms with Crippen LogP contribution in [0.25, 0.3) is 10.9 Å². The molecule has 3 rings (SSSR count). The molecule has 1 aliphatic heterocycles. The maximum absolute atomic E-state index is 13.5. The van der Waals surface area contributed by atoms with Crippen molar-refractivity contribution in [3.63, 3.8) is 0 Å². The first kappa shape index (κ1) is 13.6. The highest BCUT2D eigenvalue weighted by atomic mass is 19.1. The largest absolute Gasteiger partial charge is 0.517 e. The van der Waals surface area contributed by atoms with Gasteiger partial charge in [-0.3, -0.25) is 4.68 Å². The third-order valence-electron chi connectivity index (χ3n) is 4.32. The van der Waals surface area contributed by atoms with Crippen molar-refractivity contribution >= 4 is 23.6 Å². The zero-order valence-corrected chi connectivity index (χ0v) is 12.4. The number of aromatic nitrogens is 2. The van der Waals surface area contributed by atoms with Gasteiger partial charge in [-0.2, -0.15) is 5.10 Å². The molecule has 2 heterocycles. The topological polar surface area (TPSA) is 36.3 Å². The van der Waals surface area contributed by atoms with E-state index in [2.05, 4.69) is 5.10 Å². The molecular weight excluding hydrogens is 258 g/mol. The van der Waals surface area contributed by atoms with Crippen LogP contribution < -0.4 is 5.59 Å². The lowest BCUT2D eigenvalue weighted by Gasteiger charge is -2.32. The van der Waals surface area contributed by atoms with Gasteiger partial charge in [0, 0.05) is 12.4 Å². The first-order valence-electron chi connectivity index (χ1n) is 6.69. The number of halogens is 1. The Hall–Kier alpha value is -1.40. The molecule has 1 aliphatic rings.